The van der Waals surface area contributed by atoms with Crippen molar-refractivity contribution in [3.63, 3.8) is 0 Å². The Bertz CT molecular complexity index is 581. The van der Waals surface area contributed by atoms with Gasteiger partial charge in [-0.1, -0.05) is 13.8 Å². The topological polar surface area (TPSA) is 80.9 Å². The van der Waals surface area contributed by atoms with Crippen molar-refractivity contribution in [3.8, 4) is 0 Å². The van der Waals surface area contributed by atoms with Crippen LogP contribution in [0.5, 0.6) is 0 Å². The van der Waals surface area contributed by atoms with E-state index in [2.05, 4.69) is 15.3 Å². The van der Waals surface area contributed by atoms with Crippen LogP contribution in [0.2, 0.25) is 0 Å². The SMILES string of the molecule is CC(C)c1cc(C(=O)NCCc2cscn2)cc(N)n1. The Kier molecular flexibility index (Phi) is 4.68. The van der Waals surface area contributed by atoms with Gasteiger partial charge in [-0.3, -0.25) is 4.79 Å². The van der Waals surface area contributed by atoms with Gasteiger partial charge < -0.3 is 11.1 Å². The van der Waals surface area contributed by atoms with Gasteiger partial charge >= 0.3 is 0 Å². The maximum Gasteiger partial charge on any atom is 0.251 e. The van der Waals surface area contributed by atoms with E-state index >= 15 is 0 Å². The van der Waals surface area contributed by atoms with Gasteiger partial charge in [0.25, 0.3) is 5.91 Å². The number of rotatable bonds is 5. The van der Waals surface area contributed by atoms with Crippen LogP contribution in [-0.4, -0.2) is 22.4 Å². The van der Waals surface area contributed by atoms with Gasteiger partial charge in [0.1, 0.15) is 5.82 Å². The van der Waals surface area contributed by atoms with E-state index in [-0.39, 0.29) is 11.8 Å². The smallest absolute Gasteiger partial charge is 0.251 e. The summed E-state index contributed by atoms with van der Waals surface area (Å²) in [6.45, 7) is 4.60. The quantitative estimate of drug-likeness (QED) is 0.884. The van der Waals surface area contributed by atoms with E-state index in [4.69, 9.17) is 5.73 Å². The summed E-state index contributed by atoms with van der Waals surface area (Å²) in [5, 5.41) is 4.85. The molecule has 106 valence electrons. The molecular weight excluding hydrogens is 272 g/mol. The van der Waals surface area contributed by atoms with Gasteiger partial charge in [-0.2, -0.15) is 0 Å². The van der Waals surface area contributed by atoms with Crippen LogP contribution in [0, 0.1) is 0 Å². The van der Waals surface area contributed by atoms with E-state index in [1.165, 1.54) is 0 Å². The van der Waals surface area contributed by atoms with Gasteiger partial charge in [0.05, 0.1) is 11.2 Å². The molecule has 0 bridgehead atoms. The largest absolute Gasteiger partial charge is 0.384 e. The maximum absolute atomic E-state index is 12.1. The third kappa shape index (κ3) is 3.77. The Balaban J connectivity index is 1.98. The summed E-state index contributed by atoms with van der Waals surface area (Å²) in [5.41, 5.74) is 9.90. The molecule has 2 aromatic rings. The number of nitrogens with one attached hydrogen (secondary N) is 1. The molecule has 6 heteroatoms. The molecule has 0 saturated carbocycles. The number of pyridine rings is 1. The third-order valence-electron chi connectivity index (χ3n) is 2.87. The number of hydrogen-bond donors (Lipinski definition) is 2. The first-order chi connectivity index (χ1) is 9.56. The van der Waals surface area contributed by atoms with Gasteiger partial charge in [-0.15, -0.1) is 11.3 Å². The molecule has 0 unspecified atom stereocenters. The highest BCUT2D eigenvalue weighted by atomic mass is 32.1. The van der Waals surface area contributed by atoms with Gasteiger partial charge in [0.15, 0.2) is 0 Å². The fourth-order valence-electron chi connectivity index (χ4n) is 1.77. The highest BCUT2D eigenvalue weighted by Gasteiger charge is 2.10. The lowest BCUT2D eigenvalue weighted by atomic mass is 10.1. The van der Waals surface area contributed by atoms with Crippen molar-refractivity contribution in [2.45, 2.75) is 26.2 Å². The van der Waals surface area contributed by atoms with Crippen LogP contribution >= 0.6 is 11.3 Å². The van der Waals surface area contributed by atoms with E-state index in [0.717, 1.165) is 17.8 Å². The molecular formula is C14H18N4OS. The van der Waals surface area contributed by atoms with Crippen molar-refractivity contribution in [1.82, 2.24) is 15.3 Å². The molecule has 20 heavy (non-hydrogen) atoms. The predicted octanol–water partition coefficient (Wildman–Crippen LogP) is 2.22. The zero-order valence-corrected chi connectivity index (χ0v) is 12.4. The fourth-order valence-corrected chi connectivity index (χ4v) is 2.36. The summed E-state index contributed by atoms with van der Waals surface area (Å²) in [4.78, 5) is 20.5. The Hall–Kier alpha value is -1.95. The molecule has 2 rings (SSSR count). The van der Waals surface area contributed by atoms with Crippen LogP contribution in [0.3, 0.4) is 0 Å². The first-order valence-corrected chi connectivity index (χ1v) is 7.43. The van der Waals surface area contributed by atoms with E-state index in [1.807, 2.05) is 19.2 Å². The van der Waals surface area contributed by atoms with Gasteiger partial charge in [0, 0.05) is 29.6 Å². The molecule has 2 aromatic heterocycles. The van der Waals surface area contributed by atoms with Crippen LogP contribution in [0.15, 0.2) is 23.0 Å². The minimum atomic E-state index is -0.128. The van der Waals surface area contributed by atoms with Crippen molar-refractivity contribution < 1.29 is 4.79 Å². The lowest BCUT2D eigenvalue weighted by Gasteiger charge is -2.09. The Morgan fingerprint density at radius 3 is 2.90 bits per heavy atom. The molecule has 1 amide bonds. The number of hydrogen-bond acceptors (Lipinski definition) is 5. The molecule has 0 aliphatic carbocycles. The van der Waals surface area contributed by atoms with Crippen molar-refractivity contribution >= 4 is 23.1 Å². The summed E-state index contributed by atoms with van der Waals surface area (Å²) in [5.74, 6) is 0.483. The zero-order chi connectivity index (χ0) is 14.5. The predicted molar refractivity (Wildman–Crippen MR) is 80.9 cm³/mol. The second-order valence-electron chi connectivity index (χ2n) is 4.85. The number of thiazole rings is 1. The molecule has 0 aliphatic heterocycles. The number of nitrogens with zero attached hydrogens (tertiary/aromatic N) is 2. The summed E-state index contributed by atoms with van der Waals surface area (Å²) in [6.07, 6.45) is 0.729. The average molecular weight is 290 g/mol. The number of carbonyl (C=O) groups is 1. The number of aromatic nitrogens is 2. The second-order valence-corrected chi connectivity index (χ2v) is 5.56. The number of anilines is 1. The fraction of sp³-hybridized carbons (Fsp3) is 0.357. The first kappa shape index (κ1) is 14.5. The maximum atomic E-state index is 12.1. The van der Waals surface area contributed by atoms with E-state index in [0.29, 0.717) is 17.9 Å². The normalized spacial score (nSPS) is 10.8. The van der Waals surface area contributed by atoms with Crippen LogP contribution < -0.4 is 11.1 Å². The van der Waals surface area contributed by atoms with Crippen molar-refractivity contribution in [2.75, 3.05) is 12.3 Å². The molecule has 2 heterocycles. The van der Waals surface area contributed by atoms with Gasteiger partial charge in [0.2, 0.25) is 0 Å². The lowest BCUT2D eigenvalue weighted by Crippen LogP contribution is -2.26. The van der Waals surface area contributed by atoms with Crippen molar-refractivity contribution in [3.05, 3.63) is 40.0 Å². The monoisotopic (exact) mass is 290 g/mol. The molecule has 0 atom stereocenters. The highest BCUT2D eigenvalue weighted by Crippen LogP contribution is 2.16. The zero-order valence-electron chi connectivity index (χ0n) is 11.6. The Labute approximate surface area is 122 Å². The standard InChI is InChI=1S/C14H18N4OS/c1-9(2)12-5-10(6-13(15)18-12)14(19)16-4-3-11-7-20-8-17-11/h5-9H,3-4H2,1-2H3,(H2,15,18)(H,16,19). The molecule has 0 aromatic carbocycles. The Morgan fingerprint density at radius 1 is 1.45 bits per heavy atom. The molecule has 5 nitrogen and oxygen atoms in total. The third-order valence-corrected chi connectivity index (χ3v) is 3.50. The van der Waals surface area contributed by atoms with E-state index < -0.39 is 0 Å². The lowest BCUT2D eigenvalue weighted by molar-refractivity contribution is 0.0954. The molecule has 0 aliphatic rings. The van der Waals surface area contributed by atoms with E-state index in [1.54, 1.807) is 29.0 Å². The number of nitrogen functional groups attached to an aromatic ring is 1. The van der Waals surface area contributed by atoms with Crippen LogP contribution in [0.25, 0.3) is 0 Å². The van der Waals surface area contributed by atoms with Crippen LogP contribution in [0.1, 0.15) is 41.5 Å². The average Bonchev–Trinajstić information content (AvgIpc) is 2.91. The van der Waals surface area contributed by atoms with Crippen LogP contribution in [0.4, 0.5) is 5.82 Å². The molecule has 0 saturated heterocycles. The van der Waals surface area contributed by atoms with Gasteiger partial charge in [-0.25, -0.2) is 9.97 Å². The Morgan fingerprint density at radius 2 is 2.25 bits per heavy atom. The molecule has 0 radical (unpaired) electrons. The first-order valence-electron chi connectivity index (χ1n) is 6.49. The summed E-state index contributed by atoms with van der Waals surface area (Å²) in [7, 11) is 0. The molecule has 0 fully saturated rings. The molecule has 0 spiro atoms. The highest BCUT2D eigenvalue weighted by molar-refractivity contribution is 7.07. The summed E-state index contributed by atoms with van der Waals surface area (Å²) >= 11 is 1.55. The minimum Gasteiger partial charge on any atom is -0.384 e. The van der Waals surface area contributed by atoms with Gasteiger partial charge in [-0.05, 0) is 18.1 Å². The minimum absolute atomic E-state index is 0.128. The van der Waals surface area contributed by atoms with Crippen molar-refractivity contribution in [2.24, 2.45) is 0 Å². The van der Waals surface area contributed by atoms with Crippen LogP contribution in [-0.2, 0) is 6.42 Å². The second kappa shape index (κ2) is 6.47. The van der Waals surface area contributed by atoms with Crippen molar-refractivity contribution in [1.29, 1.82) is 0 Å². The summed E-state index contributed by atoms with van der Waals surface area (Å²) < 4.78 is 0. The molecule has 3 N–H and O–H groups in total. The van der Waals surface area contributed by atoms with E-state index in [9.17, 15) is 4.79 Å². The number of nitrogens with two attached hydrogens (primary N) is 1. The number of carbonyl (C=O) groups excluding carboxylic acids is 1. The number of amides is 1. The summed E-state index contributed by atoms with van der Waals surface area (Å²) in [6, 6.07) is 3.39.